The number of nitrogens with two attached hydrogens (primary N) is 1. The fourth-order valence-corrected chi connectivity index (χ4v) is 3.96. The third-order valence-electron chi connectivity index (χ3n) is 3.09. The van der Waals surface area contributed by atoms with Crippen LogP contribution in [0.4, 0.5) is 0 Å². The molecule has 2 N–H and O–H groups in total. The van der Waals surface area contributed by atoms with Crippen molar-refractivity contribution >= 4 is 9.84 Å². The number of aryl methyl sites for hydroxylation is 2. The lowest BCUT2D eigenvalue weighted by molar-refractivity contribution is 0.464. The molecule has 0 aromatic carbocycles. The number of hydrogen-bond donors (Lipinski definition) is 1. The van der Waals surface area contributed by atoms with Crippen molar-refractivity contribution in [2.45, 2.75) is 32.1 Å². The van der Waals surface area contributed by atoms with E-state index in [2.05, 4.69) is 4.98 Å². The maximum Gasteiger partial charge on any atom is 0.194 e. The van der Waals surface area contributed by atoms with Gasteiger partial charge in [0.05, 0.1) is 17.2 Å². The molecular formula is C11H18N2O3S. The second-order valence-corrected chi connectivity index (χ2v) is 6.77. The monoisotopic (exact) mass is 258 g/mol. The topological polar surface area (TPSA) is 86.2 Å². The highest BCUT2D eigenvalue weighted by atomic mass is 32.2. The summed E-state index contributed by atoms with van der Waals surface area (Å²) in [7, 11) is -2.87. The first-order valence-electron chi connectivity index (χ1n) is 5.88. The van der Waals surface area contributed by atoms with E-state index < -0.39 is 9.84 Å². The molecule has 1 unspecified atom stereocenters. The van der Waals surface area contributed by atoms with Gasteiger partial charge < -0.3 is 10.2 Å². The normalized spacial score (nSPS) is 23.1. The van der Waals surface area contributed by atoms with E-state index in [9.17, 15) is 8.42 Å². The molecule has 2 heterocycles. The molecule has 1 fully saturated rings. The number of aromatic nitrogens is 1. The van der Waals surface area contributed by atoms with E-state index in [0.717, 1.165) is 24.3 Å². The van der Waals surface area contributed by atoms with Gasteiger partial charge in [-0.3, -0.25) is 0 Å². The van der Waals surface area contributed by atoms with E-state index >= 15 is 0 Å². The number of rotatable bonds is 4. The summed E-state index contributed by atoms with van der Waals surface area (Å²) in [5.41, 5.74) is 6.25. The fourth-order valence-electron chi connectivity index (χ4n) is 2.21. The lowest BCUT2D eigenvalue weighted by atomic mass is 10.0. The van der Waals surface area contributed by atoms with E-state index in [0.29, 0.717) is 18.9 Å². The Morgan fingerprint density at radius 1 is 1.53 bits per heavy atom. The third-order valence-corrected chi connectivity index (χ3v) is 4.86. The minimum Gasteiger partial charge on any atom is -0.446 e. The standard InChI is InChI=1S/C11H18N2O3S/c1-8-11(9-4-6-17(14,15)7-9)13-10(16-8)3-2-5-12/h9H,2-7,12H2,1H3. The number of oxazole rings is 1. The van der Waals surface area contributed by atoms with E-state index in [4.69, 9.17) is 10.2 Å². The molecule has 0 spiro atoms. The van der Waals surface area contributed by atoms with E-state index in [1.807, 2.05) is 6.92 Å². The van der Waals surface area contributed by atoms with Gasteiger partial charge in [0.15, 0.2) is 15.7 Å². The predicted molar refractivity (Wildman–Crippen MR) is 64.6 cm³/mol. The van der Waals surface area contributed by atoms with Gasteiger partial charge in [0.2, 0.25) is 0 Å². The number of hydrogen-bond acceptors (Lipinski definition) is 5. The molecule has 1 saturated heterocycles. The average Bonchev–Trinajstić information content (AvgIpc) is 2.78. The van der Waals surface area contributed by atoms with Crippen LogP contribution in [0.25, 0.3) is 0 Å². The van der Waals surface area contributed by atoms with Crippen LogP contribution in [0.5, 0.6) is 0 Å². The molecule has 96 valence electrons. The molecule has 1 aromatic rings. The number of nitrogens with zero attached hydrogens (tertiary/aromatic N) is 1. The Morgan fingerprint density at radius 2 is 2.29 bits per heavy atom. The van der Waals surface area contributed by atoms with Gasteiger partial charge in [-0.2, -0.15) is 0 Å². The molecule has 2 rings (SSSR count). The maximum absolute atomic E-state index is 11.4. The molecule has 0 bridgehead atoms. The molecule has 1 aromatic heterocycles. The van der Waals surface area contributed by atoms with Crippen molar-refractivity contribution in [3.63, 3.8) is 0 Å². The summed E-state index contributed by atoms with van der Waals surface area (Å²) in [4.78, 5) is 4.41. The predicted octanol–water partition coefficient (Wildman–Crippen LogP) is 0.776. The highest BCUT2D eigenvalue weighted by Gasteiger charge is 2.32. The lowest BCUT2D eigenvalue weighted by Crippen LogP contribution is -2.05. The highest BCUT2D eigenvalue weighted by Crippen LogP contribution is 2.30. The largest absolute Gasteiger partial charge is 0.446 e. The molecule has 0 amide bonds. The first-order chi connectivity index (χ1) is 8.02. The summed E-state index contributed by atoms with van der Waals surface area (Å²) < 4.78 is 28.4. The second-order valence-electron chi connectivity index (χ2n) is 4.54. The Bertz CT molecular complexity index is 493. The molecule has 0 saturated carbocycles. The van der Waals surface area contributed by atoms with Gasteiger partial charge in [0.1, 0.15) is 5.76 Å². The van der Waals surface area contributed by atoms with Crippen molar-refractivity contribution in [2.24, 2.45) is 5.73 Å². The van der Waals surface area contributed by atoms with Gasteiger partial charge >= 0.3 is 0 Å². The van der Waals surface area contributed by atoms with Gasteiger partial charge in [-0.05, 0) is 26.3 Å². The van der Waals surface area contributed by atoms with Crippen molar-refractivity contribution in [3.05, 3.63) is 17.3 Å². The summed E-state index contributed by atoms with van der Waals surface area (Å²) in [6.07, 6.45) is 2.21. The van der Waals surface area contributed by atoms with Crippen LogP contribution >= 0.6 is 0 Å². The molecular weight excluding hydrogens is 240 g/mol. The summed E-state index contributed by atoms with van der Waals surface area (Å²) >= 11 is 0. The molecule has 0 radical (unpaired) electrons. The van der Waals surface area contributed by atoms with E-state index in [1.54, 1.807) is 0 Å². The summed E-state index contributed by atoms with van der Waals surface area (Å²) in [6.45, 7) is 2.45. The first kappa shape index (κ1) is 12.6. The van der Waals surface area contributed by atoms with Crippen LogP contribution in [0.3, 0.4) is 0 Å². The molecule has 1 atom stereocenters. The van der Waals surface area contributed by atoms with Crippen molar-refractivity contribution < 1.29 is 12.8 Å². The molecule has 1 aliphatic rings. The van der Waals surface area contributed by atoms with Crippen LogP contribution in [-0.4, -0.2) is 31.5 Å². The maximum atomic E-state index is 11.4. The summed E-state index contributed by atoms with van der Waals surface area (Å²) in [5.74, 6) is 1.90. The molecule has 1 aliphatic heterocycles. The van der Waals surface area contributed by atoms with Crippen molar-refractivity contribution in [2.75, 3.05) is 18.1 Å². The molecule has 6 heteroatoms. The third kappa shape index (κ3) is 2.87. The van der Waals surface area contributed by atoms with E-state index in [1.165, 1.54) is 0 Å². The smallest absolute Gasteiger partial charge is 0.194 e. The lowest BCUT2D eigenvalue weighted by Gasteiger charge is -2.02. The van der Waals surface area contributed by atoms with Crippen LogP contribution in [0.2, 0.25) is 0 Å². The zero-order chi connectivity index (χ0) is 12.5. The summed E-state index contributed by atoms with van der Waals surface area (Å²) in [5, 5.41) is 0. The Balaban J connectivity index is 2.13. The van der Waals surface area contributed by atoms with Gasteiger partial charge in [-0.1, -0.05) is 0 Å². The SMILES string of the molecule is Cc1oc(CCCN)nc1C1CCS(=O)(=O)C1. The molecule has 0 aliphatic carbocycles. The van der Waals surface area contributed by atoms with E-state index in [-0.39, 0.29) is 17.4 Å². The molecule has 5 nitrogen and oxygen atoms in total. The number of sulfone groups is 1. The van der Waals surface area contributed by atoms with Crippen LogP contribution in [0, 0.1) is 6.92 Å². The van der Waals surface area contributed by atoms with Gasteiger partial charge in [-0.15, -0.1) is 0 Å². The zero-order valence-corrected chi connectivity index (χ0v) is 10.8. The quantitative estimate of drug-likeness (QED) is 0.862. The van der Waals surface area contributed by atoms with Crippen LogP contribution in [0.1, 0.15) is 36.1 Å². The Kier molecular flexibility index (Phi) is 3.53. The average molecular weight is 258 g/mol. The first-order valence-corrected chi connectivity index (χ1v) is 7.70. The van der Waals surface area contributed by atoms with Crippen LogP contribution < -0.4 is 5.73 Å². The summed E-state index contributed by atoms with van der Waals surface area (Å²) in [6, 6.07) is 0. The van der Waals surface area contributed by atoms with Crippen LogP contribution in [0.15, 0.2) is 4.42 Å². The van der Waals surface area contributed by atoms with Crippen molar-refractivity contribution in [1.82, 2.24) is 4.98 Å². The minimum atomic E-state index is -2.87. The zero-order valence-electron chi connectivity index (χ0n) is 9.98. The minimum absolute atomic E-state index is 0.00961. The molecule has 17 heavy (non-hydrogen) atoms. The van der Waals surface area contributed by atoms with Crippen molar-refractivity contribution in [3.8, 4) is 0 Å². The van der Waals surface area contributed by atoms with Gasteiger partial charge in [0, 0.05) is 12.3 Å². The van der Waals surface area contributed by atoms with Gasteiger partial charge in [0.25, 0.3) is 0 Å². The fraction of sp³-hybridized carbons (Fsp3) is 0.727. The highest BCUT2D eigenvalue weighted by molar-refractivity contribution is 7.91. The van der Waals surface area contributed by atoms with Crippen LogP contribution in [-0.2, 0) is 16.3 Å². The Labute approximate surface area is 101 Å². The Hall–Kier alpha value is -0.880. The van der Waals surface area contributed by atoms with Crippen molar-refractivity contribution in [1.29, 1.82) is 0 Å². The van der Waals surface area contributed by atoms with Gasteiger partial charge in [-0.25, -0.2) is 13.4 Å². The second kappa shape index (κ2) is 4.78. The Morgan fingerprint density at radius 3 is 2.88 bits per heavy atom.